The summed E-state index contributed by atoms with van der Waals surface area (Å²) in [6, 6.07) is 8.22. The average molecular weight is 521 g/mol. The standard InChI is InChI=1S/C24H26Cl2N4O3S/c1-4-28-9-11-29(12-10-28)23(32)21-8-6-18(33-21)14-30-15(2)16(3)34-24(30)27-22(31)19-7-5-17(25)13-20(19)26/h5-8,13H,4,9-12,14H2,1-3H3. The number of likely N-dealkylation sites (N-methyl/N-ethyl adjacent to an activating group) is 1. The molecule has 7 nitrogen and oxygen atoms in total. The van der Waals surface area contributed by atoms with Gasteiger partial charge in [-0.15, -0.1) is 11.3 Å². The lowest BCUT2D eigenvalue weighted by Gasteiger charge is -2.33. The Kier molecular flexibility index (Phi) is 7.62. The van der Waals surface area contributed by atoms with Crippen LogP contribution in [0.25, 0.3) is 0 Å². The molecule has 2 aromatic heterocycles. The van der Waals surface area contributed by atoms with Crippen molar-refractivity contribution in [3.05, 3.63) is 72.8 Å². The second-order valence-electron chi connectivity index (χ2n) is 8.15. The Morgan fingerprint density at radius 1 is 1.09 bits per heavy atom. The maximum absolute atomic E-state index is 12.9. The van der Waals surface area contributed by atoms with Crippen LogP contribution in [0.4, 0.5) is 0 Å². The molecule has 10 heteroatoms. The van der Waals surface area contributed by atoms with E-state index in [-0.39, 0.29) is 16.5 Å². The summed E-state index contributed by atoms with van der Waals surface area (Å²) >= 11 is 13.5. The highest BCUT2D eigenvalue weighted by Gasteiger charge is 2.24. The molecule has 180 valence electrons. The Labute approximate surface area is 212 Å². The number of piperazine rings is 1. The van der Waals surface area contributed by atoms with Gasteiger partial charge in [0.15, 0.2) is 10.6 Å². The number of carbonyl (C=O) groups excluding carboxylic acids is 2. The maximum Gasteiger partial charge on any atom is 0.289 e. The molecule has 0 aliphatic carbocycles. The van der Waals surface area contributed by atoms with Gasteiger partial charge in [0.05, 0.1) is 17.1 Å². The van der Waals surface area contributed by atoms with E-state index in [9.17, 15) is 9.59 Å². The third kappa shape index (κ3) is 5.30. The molecule has 1 aliphatic rings. The highest BCUT2D eigenvalue weighted by atomic mass is 35.5. The predicted octanol–water partition coefficient (Wildman–Crippen LogP) is 4.63. The largest absolute Gasteiger partial charge is 0.454 e. The third-order valence-corrected chi connectivity index (χ3v) is 7.69. The molecule has 0 bridgehead atoms. The predicted molar refractivity (Wildman–Crippen MR) is 134 cm³/mol. The number of halogens is 2. The maximum atomic E-state index is 12.9. The van der Waals surface area contributed by atoms with Crippen LogP contribution in [0.15, 0.2) is 39.7 Å². The Hall–Kier alpha value is -2.39. The van der Waals surface area contributed by atoms with Crippen LogP contribution in [0.1, 0.15) is 44.2 Å². The van der Waals surface area contributed by atoms with Crippen molar-refractivity contribution in [1.82, 2.24) is 14.4 Å². The van der Waals surface area contributed by atoms with Crippen LogP contribution in [0, 0.1) is 13.8 Å². The van der Waals surface area contributed by atoms with Crippen LogP contribution >= 0.6 is 34.5 Å². The molecule has 3 aromatic rings. The number of amides is 2. The third-order valence-electron chi connectivity index (χ3n) is 6.04. The number of hydrogen-bond acceptors (Lipinski definition) is 5. The van der Waals surface area contributed by atoms with E-state index < -0.39 is 5.91 Å². The Balaban J connectivity index is 1.55. The van der Waals surface area contributed by atoms with Crippen LogP contribution in [-0.4, -0.2) is 58.9 Å². The molecule has 1 fully saturated rings. The lowest BCUT2D eigenvalue weighted by Crippen LogP contribution is -2.48. The highest BCUT2D eigenvalue weighted by Crippen LogP contribution is 2.22. The van der Waals surface area contributed by atoms with Gasteiger partial charge in [-0.2, -0.15) is 4.99 Å². The van der Waals surface area contributed by atoms with E-state index in [1.165, 1.54) is 17.4 Å². The van der Waals surface area contributed by atoms with Gasteiger partial charge in [-0.1, -0.05) is 30.1 Å². The van der Waals surface area contributed by atoms with Crippen LogP contribution in [0.2, 0.25) is 10.0 Å². The van der Waals surface area contributed by atoms with E-state index in [2.05, 4.69) is 16.8 Å². The number of carbonyl (C=O) groups is 2. The van der Waals surface area contributed by atoms with Crippen molar-refractivity contribution >= 4 is 46.4 Å². The molecule has 1 saturated heterocycles. The van der Waals surface area contributed by atoms with E-state index >= 15 is 0 Å². The molecule has 34 heavy (non-hydrogen) atoms. The first-order valence-electron chi connectivity index (χ1n) is 11.1. The summed E-state index contributed by atoms with van der Waals surface area (Å²) in [6.07, 6.45) is 0. The van der Waals surface area contributed by atoms with Crippen molar-refractivity contribution in [2.45, 2.75) is 27.3 Å². The fourth-order valence-corrected chi connectivity index (χ4v) is 5.30. The number of hydrogen-bond donors (Lipinski definition) is 0. The summed E-state index contributed by atoms with van der Waals surface area (Å²) in [5.74, 6) is 0.406. The summed E-state index contributed by atoms with van der Waals surface area (Å²) in [5.41, 5.74) is 1.26. The average Bonchev–Trinajstić information content (AvgIpc) is 3.39. The number of aromatic nitrogens is 1. The Bertz CT molecular complexity index is 1290. The smallest absolute Gasteiger partial charge is 0.289 e. The van der Waals surface area contributed by atoms with E-state index in [1.54, 1.807) is 24.3 Å². The molecule has 0 unspecified atom stereocenters. The number of nitrogens with zero attached hydrogens (tertiary/aromatic N) is 4. The lowest BCUT2D eigenvalue weighted by molar-refractivity contribution is 0.0610. The van der Waals surface area contributed by atoms with E-state index in [0.29, 0.717) is 41.0 Å². The SMILES string of the molecule is CCN1CCN(C(=O)c2ccc(Cn3c(C)c(C)sc3=NC(=O)c3ccc(Cl)cc3Cl)o2)CC1. The zero-order chi connectivity index (χ0) is 24.4. The molecular weight excluding hydrogens is 495 g/mol. The van der Waals surface area contributed by atoms with Gasteiger partial charge in [0, 0.05) is 41.8 Å². The summed E-state index contributed by atoms with van der Waals surface area (Å²) in [6.45, 7) is 10.5. The van der Waals surface area contributed by atoms with Crippen molar-refractivity contribution in [2.24, 2.45) is 4.99 Å². The molecule has 3 heterocycles. The van der Waals surface area contributed by atoms with Gasteiger partial charge in [0.2, 0.25) is 0 Å². The molecule has 2 amide bonds. The Morgan fingerprint density at radius 3 is 2.50 bits per heavy atom. The van der Waals surface area contributed by atoms with E-state index in [1.807, 2.05) is 23.3 Å². The lowest BCUT2D eigenvalue weighted by atomic mass is 10.2. The summed E-state index contributed by atoms with van der Waals surface area (Å²) in [4.78, 5) is 35.7. The van der Waals surface area contributed by atoms with Crippen molar-refractivity contribution in [2.75, 3.05) is 32.7 Å². The zero-order valence-corrected chi connectivity index (χ0v) is 21.6. The van der Waals surface area contributed by atoms with Gasteiger partial charge in [-0.25, -0.2) is 0 Å². The zero-order valence-electron chi connectivity index (χ0n) is 19.3. The molecule has 0 radical (unpaired) electrons. The Morgan fingerprint density at radius 2 is 1.82 bits per heavy atom. The van der Waals surface area contributed by atoms with Crippen molar-refractivity contribution in [3.8, 4) is 0 Å². The first-order chi connectivity index (χ1) is 16.3. The highest BCUT2D eigenvalue weighted by molar-refractivity contribution is 7.09. The van der Waals surface area contributed by atoms with Crippen molar-refractivity contribution < 1.29 is 14.0 Å². The molecule has 0 N–H and O–H groups in total. The fraction of sp³-hybridized carbons (Fsp3) is 0.375. The molecule has 0 saturated carbocycles. The summed E-state index contributed by atoms with van der Waals surface area (Å²) in [5, 5.41) is 0.710. The molecule has 0 atom stereocenters. The van der Waals surface area contributed by atoms with E-state index in [4.69, 9.17) is 27.6 Å². The van der Waals surface area contributed by atoms with Gasteiger partial charge >= 0.3 is 0 Å². The van der Waals surface area contributed by atoms with Crippen LogP contribution in [0.3, 0.4) is 0 Å². The van der Waals surface area contributed by atoms with Gasteiger partial charge in [-0.3, -0.25) is 9.59 Å². The van der Waals surface area contributed by atoms with E-state index in [0.717, 1.165) is 30.2 Å². The first-order valence-corrected chi connectivity index (χ1v) is 12.6. The summed E-state index contributed by atoms with van der Waals surface area (Å²) < 4.78 is 7.83. The van der Waals surface area contributed by atoms with Gasteiger partial charge in [-0.05, 0) is 50.7 Å². The second-order valence-corrected chi connectivity index (χ2v) is 10.2. The van der Waals surface area contributed by atoms with Crippen molar-refractivity contribution in [3.63, 3.8) is 0 Å². The molecule has 1 aromatic carbocycles. The molecule has 0 spiro atoms. The second kappa shape index (κ2) is 10.5. The monoisotopic (exact) mass is 520 g/mol. The molecule has 4 rings (SSSR count). The topological polar surface area (TPSA) is 71.1 Å². The minimum absolute atomic E-state index is 0.0947. The minimum Gasteiger partial charge on any atom is -0.454 e. The number of rotatable bonds is 5. The first kappa shape index (κ1) is 24.7. The van der Waals surface area contributed by atoms with Gasteiger partial charge < -0.3 is 18.8 Å². The molecular formula is C24H26Cl2N4O3S. The normalized spacial score (nSPS) is 15.2. The quantitative estimate of drug-likeness (QED) is 0.491. The minimum atomic E-state index is -0.446. The summed E-state index contributed by atoms with van der Waals surface area (Å²) in [7, 11) is 0. The van der Waals surface area contributed by atoms with Gasteiger partial charge in [0.1, 0.15) is 5.76 Å². The van der Waals surface area contributed by atoms with Gasteiger partial charge in [0.25, 0.3) is 11.8 Å². The molecule has 1 aliphatic heterocycles. The van der Waals surface area contributed by atoms with Crippen molar-refractivity contribution in [1.29, 1.82) is 0 Å². The number of furan rings is 1. The number of thiazole rings is 1. The van der Waals surface area contributed by atoms with Crippen LogP contribution in [0.5, 0.6) is 0 Å². The van der Waals surface area contributed by atoms with Crippen LogP contribution in [-0.2, 0) is 6.54 Å². The van der Waals surface area contributed by atoms with Crippen LogP contribution < -0.4 is 4.80 Å². The number of benzene rings is 1. The number of aryl methyl sites for hydroxylation is 1. The fourth-order valence-electron chi connectivity index (χ4n) is 3.84.